The molecule has 0 radical (unpaired) electrons. The van der Waals surface area contributed by atoms with Crippen molar-refractivity contribution in [3.05, 3.63) is 60.0 Å². The molecule has 1 unspecified atom stereocenters. The van der Waals surface area contributed by atoms with Gasteiger partial charge < -0.3 is 10.5 Å². The van der Waals surface area contributed by atoms with Gasteiger partial charge in [-0.3, -0.25) is 0 Å². The van der Waals surface area contributed by atoms with Gasteiger partial charge in [-0.05, 0) is 48.2 Å². The van der Waals surface area contributed by atoms with Crippen molar-refractivity contribution in [3.63, 3.8) is 0 Å². The third-order valence-electron chi connectivity index (χ3n) is 4.95. The maximum absolute atomic E-state index is 13.5. The lowest BCUT2D eigenvalue weighted by Crippen LogP contribution is -2.27. The highest BCUT2D eigenvalue weighted by molar-refractivity contribution is 7.90. The van der Waals surface area contributed by atoms with Crippen molar-refractivity contribution in [2.24, 2.45) is 5.73 Å². The molecule has 156 valence electrons. The Hall–Kier alpha value is -2.38. The van der Waals surface area contributed by atoms with Gasteiger partial charge in [0.05, 0.1) is 10.4 Å². The molecule has 1 aromatic heterocycles. The van der Waals surface area contributed by atoms with Crippen molar-refractivity contribution in [1.29, 1.82) is 0 Å². The number of nitrogens with two attached hydrogens (primary N) is 1. The molecule has 0 bridgehead atoms. The zero-order valence-corrected chi connectivity index (χ0v) is 17.7. The molecule has 0 aliphatic rings. The van der Waals surface area contributed by atoms with Crippen molar-refractivity contribution in [2.75, 3.05) is 6.54 Å². The molecule has 29 heavy (non-hydrogen) atoms. The number of hydrogen-bond donors (Lipinski definition) is 1. The minimum absolute atomic E-state index is 0.117. The second kappa shape index (κ2) is 8.55. The van der Waals surface area contributed by atoms with Crippen LogP contribution in [0.3, 0.4) is 0 Å². The highest BCUT2D eigenvalue weighted by Crippen LogP contribution is 2.32. The fourth-order valence-electron chi connectivity index (χ4n) is 3.39. The number of fused-ring (bicyclic) bond motifs is 1. The molecule has 2 aromatic carbocycles. The number of halogens is 1. The predicted molar refractivity (Wildman–Crippen MR) is 113 cm³/mol. The number of nitrogens with zero attached hydrogens (tertiary/aromatic N) is 1. The molecule has 1 heterocycles. The largest absolute Gasteiger partial charge is 0.489 e. The van der Waals surface area contributed by atoms with E-state index in [1.165, 1.54) is 28.4 Å². The van der Waals surface area contributed by atoms with E-state index in [2.05, 4.69) is 6.92 Å². The number of hydrogen-bond acceptors (Lipinski definition) is 4. The summed E-state index contributed by atoms with van der Waals surface area (Å²) in [4.78, 5) is 0.117. The lowest BCUT2D eigenvalue weighted by atomic mass is 10.0. The number of ether oxygens (including phenoxy) is 1. The van der Waals surface area contributed by atoms with Crippen LogP contribution in [0.25, 0.3) is 10.9 Å². The fourth-order valence-corrected chi connectivity index (χ4v) is 4.76. The van der Waals surface area contributed by atoms with Gasteiger partial charge in [-0.15, -0.1) is 0 Å². The van der Waals surface area contributed by atoms with E-state index >= 15 is 0 Å². The Labute approximate surface area is 171 Å². The first-order valence-electron chi connectivity index (χ1n) is 9.80. The maximum atomic E-state index is 13.5. The van der Waals surface area contributed by atoms with Gasteiger partial charge in [-0.1, -0.05) is 33.3 Å². The highest BCUT2D eigenvalue weighted by atomic mass is 32.2. The summed E-state index contributed by atoms with van der Waals surface area (Å²) in [6, 6.07) is 10.6. The van der Waals surface area contributed by atoms with Crippen molar-refractivity contribution in [2.45, 2.75) is 50.5 Å². The zero-order valence-electron chi connectivity index (χ0n) is 16.9. The van der Waals surface area contributed by atoms with Gasteiger partial charge in [-0.2, -0.15) is 0 Å². The predicted octanol–water partition coefficient (Wildman–Crippen LogP) is 4.65. The lowest BCUT2D eigenvalue weighted by molar-refractivity contribution is 0.195. The highest BCUT2D eigenvalue weighted by Gasteiger charge is 2.22. The van der Waals surface area contributed by atoms with Gasteiger partial charge in [0.25, 0.3) is 10.0 Å². The van der Waals surface area contributed by atoms with E-state index in [0.29, 0.717) is 23.2 Å². The molecule has 0 amide bonds. The maximum Gasteiger partial charge on any atom is 0.268 e. The van der Waals surface area contributed by atoms with Crippen LogP contribution in [0, 0.1) is 5.82 Å². The van der Waals surface area contributed by atoms with E-state index in [1.807, 2.05) is 13.8 Å². The van der Waals surface area contributed by atoms with E-state index in [-0.39, 0.29) is 16.9 Å². The molecule has 1 atom stereocenters. The Kier molecular flexibility index (Phi) is 6.29. The van der Waals surface area contributed by atoms with Gasteiger partial charge >= 0.3 is 0 Å². The summed E-state index contributed by atoms with van der Waals surface area (Å²) in [6.45, 7) is 6.47. The van der Waals surface area contributed by atoms with Crippen LogP contribution >= 0.6 is 0 Å². The summed E-state index contributed by atoms with van der Waals surface area (Å²) < 4.78 is 47.3. The Morgan fingerprint density at radius 1 is 1.14 bits per heavy atom. The summed E-state index contributed by atoms with van der Waals surface area (Å²) in [5.74, 6) is 0.290. The normalized spacial score (nSPS) is 13.2. The standard InChI is InChI=1S/C22H27FN2O3S/c1-4-5-18(14-24)28-22-13-19(7-8-20(22)15(2)3)29(26,27)25-11-10-16-12-17(23)6-9-21(16)25/h6-13,15,18H,4-5,14,24H2,1-3H3. The molecule has 3 aromatic rings. The van der Waals surface area contributed by atoms with E-state index in [0.717, 1.165) is 18.4 Å². The number of aromatic nitrogens is 1. The Morgan fingerprint density at radius 2 is 1.90 bits per heavy atom. The Bertz CT molecular complexity index is 1110. The van der Waals surface area contributed by atoms with Gasteiger partial charge in [0.1, 0.15) is 17.7 Å². The molecule has 0 saturated heterocycles. The van der Waals surface area contributed by atoms with Gasteiger partial charge in [0.15, 0.2) is 0 Å². The fraction of sp³-hybridized carbons (Fsp3) is 0.364. The molecule has 3 rings (SSSR count). The summed E-state index contributed by atoms with van der Waals surface area (Å²) in [7, 11) is -3.87. The Morgan fingerprint density at radius 3 is 2.55 bits per heavy atom. The van der Waals surface area contributed by atoms with Crippen LogP contribution in [-0.4, -0.2) is 25.0 Å². The minimum Gasteiger partial charge on any atom is -0.489 e. The molecule has 0 fully saturated rings. The van der Waals surface area contributed by atoms with Crippen LogP contribution in [0.4, 0.5) is 4.39 Å². The SMILES string of the molecule is CCCC(CN)Oc1cc(S(=O)(=O)n2ccc3cc(F)ccc32)ccc1C(C)C. The molecule has 5 nitrogen and oxygen atoms in total. The minimum atomic E-state index is -3.87. The summed E-state index contributed by atoms with van der Waals surface area (Å²) >= 11 is 0. The molecule has 0 spiro atoms. The zero-order chi connectivity index (χ0) is 21.2. The van der Waals surface area contributed by atoms with Crippen LogP contribution in [0.1, 0.15) is 45.1 Å². The number of rotatable bonds is 8. The molecule has 0 aliphatic heterocycles. The van der Waals surface area contributed by atoms with Crippen LogP contribution < -0.4 is 10.5 Å². The van der Waals surface area contributed by atoms with E-state index in [1.54, 1.807) is 24.3 Å². The van der Waals surface area contributed by atoms with Crippen LogP contribution in [0.5, 0.6) is 5.75 Å². The first-order chi connectivity index (χ1) is 13.8. The van der Waals surface area contributed by atoms with E-state index in [4.69, 9.17) is 10.5 Å². The van der Waals surface area contributed by atoms with Crippen molar-refractivity contribution < 1.29 is 17.5 Å². The topological polar surface area (TPSA) is 74.3 Å². The molecule has 2 N–H and O–H groups in total. The second-order valence-electron chi connectivity index (χ2n) is 7.44. The Balaban J connectivity index is 2.08. The quantitative estimate of drug-likeness (QED) is 0.578. The van der Waals surface area contributed by atoms with Crippen molar-refractivity contribution in [1.82, 2.24) is 3.97 Å². The van der Waals surface area contributed by atoms with Gasteiger partial charge in [-0.25, -0.2) is 16.8 Å². The number of benzene rings is 2. The average molecular weight is 419 g/mol. The second-order valence-corrected chi connectivity index (χ2v) is 9.25. The van der Waals surface area contributed by atoms with Crippen LogP contribution in [0.2, 0.25) is 0 Å². The molecular weight excluding hydrogens is 391 g/mol. The first kappa shape index (κ1) is 21.3. The van der Waals surface area contributed by atoms with Crippen LogP contribution in [-0.2, 0) is 10.0 Å². The molecule has 0 aliphatic carbocycles. The van der Waals surface area contributed by atoms with E-state index < -0.39 is 15.8 Å². The summed E-state index contributed by atoms with van der Waals surface area (Å²) in [5.41, 5.74) is 7.18. The van der Waals surface area contributed by atoms with Gasteiger partial charge in [0.2, 0.25) is 0 Å². The van der Waals surface area contributed by atoms with Crippen LogP contribution in [0.15, 0.2) is 53.6 Å². The molecular formula is C22H27FN2O3S. The van der Waals surface area contributed by atoms with Gasteiger partial charge in [0, 0.05) is 24.2 Å². The molecule has 7 heteroatoms. The third-order valence-corrected chi connectivity index (χ3v) is 6.63. The monoisotopic (exact) mass is 418 g/mol. The summed E-state index contributed by atoms with van der Waals surface area (Å²) in [6.07, 6.45) is 2.98. The lowest BCUT2D eigenvalue weighted by Gasteiger charge is -2.21. The third kappa shape index (κ3) is 4.31. The molecule has 0 saturated carbocycles. The van der Waals surface area contributed by atoms with E-state index in [9.17, 15) is 12.8 Å². The van der Waals surface area contributed by atoms with Crippen molar-refractivity contribution >= 4 is 20.9 Å². The van der Waals surface area contributed by atoms with Crippen molar-refractivity contribution in [3.8, 4) is 5.75 Å². The summed E-state index contributed by atoms with van der Waals surface area (Å²) in [5, 5.41) is 0.523. The average Bonchev–Trinajstić information content (AvgIpc) is 3.11. The first-order valence-corrected chi connectivity index (χ1v) is 11.2. The smallest absolute Gasteiger partial charge is 0.268 e.